The van der Waals surface area contributed by atoms with Gasteiger partial charge in [-0.05, 0) is 155 Å². The van der Waals surface area contributed by atoms with Crippen LogP contribution in [0.4, 0.5) is 0 Å². The summed E-state index contributed by atoms with van der Waals surface area (Å²) in [4.78, 5) is 0. The fourth-order valence-electron chi connectivity index (χ4n) is 8.63. The van der Waals surface area contributed by atoms with Crippen molar-refractivity contribution in [3.63, 3.8) is 0 Å². The lowest BCUT2D eigenvalue weighted by Crippen LogP contribution is -2.43. The molecule has 3 heteroatoms. The summed E-state index contributed by atoms with van der Waals surface area (Å²) in [7, 11) is 1.68. The Bertz CT molecular complexity index is 598. The second kappa shape index (κ2) is 22.4. The summed E-state index contributed by atoms with van der Waals surface area (Å²) >= 11 is 0. The average Bonchev–Trinajstić information content (AvgIpc) is 3.34. The Morgan fingerprint density at radius 1 is 0.581 bits per heavy atom. The van der Waals surface area contributed by atoms with Crippen molar-refractivity contribution in [2.45, 2.75) is 152 Å². The summed E-state index contributed by atoms with van der Waals surface area (Å²) in [6, 6.07) is 0. The van der Waals surface area contributed by atoms with Gasteiger partial charge in [-0.2, -0.15) is 0 Å². The Morgan fingerprint density at radius 3 is 1.21 bits per heavy atom. The fourth-order valence-corrected chi connectivity index (χ4v) is 8.63. The van der Waals surface area contributed by atoms with Gasteiger partial charge in [0.1, 0.15) is 0 Å². The Hall–Kier alpha value is -0.120. The molecular formula is C40H78O3. The Morgan fingerprint density at radius 2 is 1.00 bits per heavy atom. The van der Waals surface area contributed by atoms with Crippen molar-refractivity contribution in [3.05, 3.63) is 0 Å². The van der Waals surface area contributed by atoms with Crippen molar-refractivity contribution in [2.24, 2.45) is 65.1 Å². The number of methoxy groups -OCH3 is 1. The summed E-state index contributed by atoms with van der Waals surface area (Å²) < 4.78 is 14.6. The minimum absolute atomic E-state index is 0.819. The maximum absolute atomic E-state index is 5.07. The molecule has 6 bridgehead atoms. The van der Waals surface area contributed by atoms with Crippen molar-refractivity contribution in [2.75, 3.05) is 40.1 Å². The molecule has 43 heavy (non-hydrogen) atoms. The molecule has 9 rings (SSSR count). The molecule has 0 amide bonds. The van der Waals surface area contributed by atoms with E-state index in [1.54, 1.807) is 39.2 Å². The average molecular weight is 607 g/mol. The Balaban J connectivity index is 0.000000183. The van der Waals surface area contributed by atoms with Gasteiger partial charge in [-0.1, -0.05) is 61.3 Å². The van der Waals surface area contributed by atoms with Gasteiger partial charge in [-0.3, -0.25) is 0 Å². The fraction of sp³-hybridized carbons (Fsp3) is 1.00. The second-order valence-corrected chi connectivity index (χ2v) is 16.3. The smallest absolute Gasteiger partial charge is 0.0466 e. The molecule has 0 N–H and O–H groups in total. The van der Waals surface area contributed by atoms with E-state index in [0.717, 1.165) is 98.1 Å². The third kappa shape index (κ3) is 16.3. The highest BCUT2D eigenvalue weighted by atomic mass is 16.5. The van der Waals surface area contributed by atoms with Crippen LogP contribution in [-0.2, 0) is 14.2 Å². The molecule has 0 aromatic heterocycles. The largest absolute Gasteiger partial charge is 0.385 e. The molecule has 0 radical (unpaired) electrons. The first kappa shape index (κ1) is 39.1. The van der Waals surface area contributed by atoms with Gasteiger partial charge < -0.3 is 14.2 Å². The van der Waals surface area contributed by atoms with E-state index in [-0.39, 0.29) is 0 Å². The zero-order valence-corrected chi connectivity index (χ0v) is 30.7. The van der Waals surface area contributed by atoms with Crippen molar-refractivity contribution >= 4 is 0 Å². The summed E-state index contributed by atoms with van der Waals surface area (Å²) in [6.45, 7) is 22.9. The molecule has 9 fully saturated rings. The van der Waals surface area contributed by atoms with E-state index in [4.69, 9.17) is 9.47 Å². The third-order valence-electron chi connectivity index (χ3n) is 11.5. The first-order valence-electron chi connectivity index (χ1n) is 19.3. The normalized spacial score (nSPS) is 37.4. The molecule has 4 unspecified atom stereocenters. The number of ether oxygens (including phenoxy) is 3. The number of fused-ring (bicyclic) bond motifs is 2. The molecule has 2 aliphatic heterocycles. The number of hydrogen-bond donors (Lipinski definition) is 0. The maximum atomic E-state index is 5.07. The van der Waals surface area contributed by atoms with Gasteiger partial charge in [-0.15, -0.1) is 0 Å². The van der Waals surface area contributed by atoms with Gasteiger partial charge >= 0.3 is 0 Å². The van der Waals surface area contributed by atoms with Crippen LogP contribution in [0.3, 0.4) is 0 Å². The minimum atomic E-state index is 0.819. The highest BCUT2D eigenvalue weighted by Gasteiger charge is 2.46. The zero-order valence-electron chi connectivity index (χ0n) is 30.7. The Labute approximate surface area is 270 Å². The molecule has 7 saturated carbocycles. The molecular weight excluding hydrogens is 528 g/mol. The minimum Gasteiger partial charge on any atom is -0.385 e. The van der Waals surface area contributed by atoms with Gasteiger partial charge in [-0.25, -0.2) is 0 Å². The van der Waals surface area contributed by atoms with E-state index in [2.05, 4.69) is 53.2 Å². The van der Waals surface area contributed by atoms with Crippen molar-refractivity contribution < 1.29 is 14.2 Å². The molecule has 256 valence electrons. The molecule has 7 aliphatic carbocycles. The van der Waals surface area contributed by atoms with Crippen LogP contribution in [0.25, 0.3) is 0 Å². The van der Waals surface area contributed by atoms with Crippen LogP contribution in [0.15, 0.2) is 0 Å². The van der Waals surface area contributed by atoms with Crippen LogP contribution in [0.5, 0.6) is 0 Å². The Kier molecular flexibility index (Phi) is 20.4. The topological polar surface area (TPSA) is 27.7 Å². The predicted molar refractivity (Wildman–Crippen MR) is 187 cm³/mol. The van der Waals surface area contributed by atoms with Gasteiger partial charge in [0.05, 0.1) is 0 Å². The van der Waals surface area contributed by atoms with E-state index in [1.807, 2.05) is 6.92 Å². The lowest BCUT2D eigenvalue weighted by molar-refractivity contribution is -0.0282. The molecule has 4 atom stereocenters. The van der Waals surface area contributed by atoms with E-state index in [9.17, 15) is 0 Å². The lowest BCUT2D eigenvalue weighted by Gasteiger charge is -2.53. The van der Waals surface area contributed by atoms with Crippen LogP contribution in [0.2, 0.25) is 0 Å². The zero-order chi connectivity index (χ0) is 31.6. The van der Waals surface area contributed by atoms with Gasteiger partial charge in [0.25, 0.3) is 0 Å². The van der Waals surface area contributed by atoms with Gasteiger partial charge in [0.2, 0.25) is 0 Å². The van der Waals surface area contributed by atoms with Gasteiger partial charge in [0, 0.05) is 40.1 Å². The van der Waals surface area contributed by atoms with Crippen molar-refractivity contribution in [1.29, 1.82) is 0 Å². The van der Waals surface area contributed by atoms with E-state index in [0.29, 0.717) is 0 Å². The molecule has 9 aliphatic rings. The van der Waals surface area contributed by atoms with E-state index >= 15 is 0 Å². The van der Waals surface area contributed by atoms with Crippen LogP contribution >= 0.6 is 0 Å². The van der Waals surface area contributed by atoms with Crippen LogP contribution < -0.4 is 0 Å². The summed E-state index contributed by atoms with van der Waals surface area (Å²) in [5.74, 6) is 12.0. The lowest BCUT2D eigenvalue weighted by atomic mass is 9.52. The van der Waals surface area contributed by atoms with Crippen molar-refractivity contribution in [3.8, 4) is 0 Å². The predicted octanol–water partition coefficient (Wildman–Crippen LogP) is 11.5. The van der Waals surface area contributed by atoms with Crippen LogP contribution in [-0.4, -0.2) is 40.1 Å². The first-order valence-corrected chi connectivity index (χ1v) is 19.3. The van der Waals surface area contributed by atoms with Crippen LogP contribution in [0, 0.1) is 65.1 Å². The first-order chi connectivity index (χ1) is 20.7. The molecule has 2 saturated heterocycles. The highest BCUT2D eigenvalue weighted by Crippen LogP contribution is 2.56. The number of rotatable bonds is 1. The molecule has 0 spiro atoms. The van der Waals surface area contributed by atoms with Crippen molar-refractivity contribution in [1.82, 2.24) is 0 Å². The SMILES string of the molecule is C1CCOC1.C1CCOCC1.CC(C)C.CC1C2CC3CC(C2)CC1C3.CC1CC1.CC1CC2CCC1C2C.CCOC. The van der Waals surface area contributed by atoms with Gasteiger partial charge in [0.15, 0.2) is 0 Å². The highest BCUT2D eigenvalue weighted by molar-refractivity contribution is 4.96. The second-order valence-electron chi connectivity index (χ2n) is 16.3. The quantitative estimate of drug-likeness (QED) is 0.297. The molecule has 2 heterocycles. The summed E-state index contributed by atoms with van der Waals surface area (Å²) in [5, 5.41) is 0. The maximum Gasteiger partial charge on any atom is 0.0466 e. The molecule has 0 aromatic carbocycles. The van der Waals surface area contributed by atoms with E-state index in [1.165, 1.54) is 64.2 Å². The third-order valence-corrected chi connectivity index (χ3v) is 11.5. The monoisotopic (exact) mass is 607 g/mol. The summed E-state index contributed by atoms with van der Waals surface area (Å²) in [5.41, 5.74) is 0. The molecule has 3 nitrogen and oxygen atoms in total. The van der Waals surface area contributed by atoms with E-state index < -0.39 is 0 Å². The summed E-state index contributed by atoms with van der Waals surface area (Å²) in [6.07, 6.45) is 22.0. The number of hydrogen-bond acceptors (Lipinski definition) is 3. The van der Waals surface area contributed by atoms with Crippen LogP contribution in [0.1, 0.15) is 152 Å². The molecule has 0 aromatic rings. The standard InChI is InChI=1S/C11H18.C9H16.C5H10O.C4H8O.C4H8.C4H10.C3H8O/c1-7-10-3-8-2-9(5-10)6-11(7)4-8;1-6-5-8-3-4-9(6)7(8)2;1-2-4-6-5-3-1;1-2-4-5-3-1;1-4-2-3-4;1-4(2)3;1-3-4-2/h7-11H,2-6H2,1H3;6-9H,3-5H2,1-2H3;1-5H2;1-4H2;4H,2-3H2,1H3;4H,1-3H3;3H2,1-2H3.